The fraction of sp³-hybridized carbons (Fsp3) is 0.289. The number of hydrogen-bond donors (Lipinski definition) is 4. The van der Waals surface area contributed by atoms with Gasteiger partial charge in [-0.15, -0.1) is 0 Å². The predicted molar refractivity (Wildman–Crippen MR) is 198 cm³/mol. The van der Waals surface area contributed by atoms with E-state index in [4.69, 9.17) is 32.9 Å². The highest BCUT2D eigenvalue weighted by molar-refractivity contribution is 6.39. The largest absolute Gasteiger partial charge is 0.481 e. The summed E-state index contributed by atoms with van der Waals surface area (Å²) in [5, 5.41) is 13.5. The van der Waals surface area contributed by atoms with Crippen LogP contribution in [0.5, 0.6) is 5.88 Å². The highest BCUT2D eigenvalue weighted by Crippen LogP contribution is 2.42. The molecule has 3 aromatic heterocycles. The molecule has 2 fully saturated rings. The van der Waals surface area contributed by atoms with E-state index in [-0.39, 0.29) is 29.3 Å². The number of carbonyl (C=O) groups excluding carboxylic acids is 2. The number of benzene rings is 2. The van der Waals surface area contributed by atoms with Gasteiger partial charge in [0.2, 0.25) is 17.7 Å². The molecule has 0 aliphatic carbocycles. The molecule has 13 heteroatoms. The molecule has 2 atom stereocenters. The van der Waals surface area contributed by atoms with Crippen LogP contribution in [0.25, 0.3) is 39.2 Å². The maximum absolute atomic E-state index is 13.3. The smallest absolute Gasteiger partial charge is 0.262 e. The van der Waals surface area contributed by atoms with Crippen molar-refractivity contribution in [1.29, 1.82) is 0 Å². The standard InChI is InChI=1S/C38H37Cl2N7O4/c1-51-37-24(18-42-21-26-9-11-33(48)45-26)8-10-31(46-37)30-7-3-6-29(36(30)40)28-5-2-4-27(35(28)39)23-12-13-47-32(15-23)43-20-25(38(47)50)19-41-16-22-14-34(49)44-17-22/h2-8,10,12-13,15,20,22,26,41-42H,9,11,14,16-19,21H2,1H3,(H,44,49)(H,45,48)/t22-,26-/m0/s1. The predicted octanol–water partition coefficient (Wildman–Crippen LogP) is 5.00. The Balaban J connectivity index is 1.10. The Hall–Kier alpha value is -4.81. The molecule has 262 valence electrons. The first kappa shape index (κ1) is 34.6. The topological polar surface area (TPSA) is 139 Å². The van der Waals surface area contributed by atoms with Crippen LogP contribution in [0.4, 0.5) is 0 Å². The molecule has 2 aliphatic heterocycles. The van der Waals surface area contributed by atoms with E-state index in [2.05, 4.69) is 26.3 Å². The molecule has 5 aromatic rings. The maximum Gasteiger partial charge on any atom is 0.262 e. The van der Waals surface area contributed by atoms with Gasteiger partial charge in [-0.2, -0.15) is 0 Å². The second kappa shape index (κ2) is 15.2. The Bertz CT molecular complexity index is 2190. The van der Waals surface area contributed by atoms with Crippen molar-refractivity contribution in [2.24, 2.45) is 5.92 Å². The lowest BCUT2D eigenvalue weighted by atomic mass is 9.97. The van der Waals surface area contributed by atoms with Crippen molar-refractivity contribution in [3.8, 4) is 39.4 Å². The summed E-state index contributed by atoms with van der Waals surface area (Å²) in [6.45, 7) is 2.86. The van der Waals surface area contributed by atoms with Gasteiger partial charge in [0.25, 0.3) is 5.56 Å². The maximum atomic E-state index is 13.3. The number of rotatable bonds is 12. The van der Waals surface area contributed by atoms with Gasteiger partial charge in [-0.3, -0.25) is 18.8 Å². The van der Waals surface area contributed by atoms with Crippen molar-refractivity contribution < 1.29 is 14.3 Å². The number of amides is 2. The second-order valence-corrected chi connectivity index (χ2v) is 13.6. The summed E-state index contributed by atoms with van der Waals surface area (Å²) in [5.41, 5.74) is 6.23. The van der Waals surface area contributed by atoms with Crippen molar-refractivity contribution >= 4 is 40.7 Å². The van der Waals surface area contributed by atoms with Crippen molar-refractivity contribution in [3.05, 3.63) is 105 Å². The summed E-state index contributed by atoms with van der Waals surface area (Å²) in [5.74, 6) is 0.859. The average molecular weight is 727 g/mol. The number of halogens is 2. The molecule has 51 heavy (non-hydrogen) atoms. The van der Waals surface area contributed by atoms with Crippen molar-refractivity contribution in [2.75, 3.05) is 26.7 Å². The highest BCUT2D eigenvalue weighted by atomic mass is 35.5. The van der Waals surface area contributed by atoms with Gasteiger partial charge in [-0.25, -0.2) is 9.97 Å². The first-order valence-corrected chi connectivity index (χ1v) is 17.6. The number of nitrogens with zero attached hydrogens (tertiary/aromatic N) is 3. The van der Waals surface area contributed by atoms with Crippen LogP contribution in [0.2, 0.25) is 10.0 Å². The molecule has 7 rings (SSSR count). The summed E-state index contributed by atoms with van der Waals surface area (Å²) in [6.07, 6.45) is 5.20. The van der Waals surface area contributed by atoms with E-state index in [1.54, 1.807) is 19.5 Å². The molecule has 4 N–H and O–H groups in total. The van der Waals surface area contributed by atoms with E-state index in [1.807, 2.05) is 60.7 Å². The summed E-state index contributed by atoms with van der Waals surface area (Å²) in [4.78, 5) is 45.6. The quantitative estimate of drug-likeness (QED) is 0.141. The third-order valence-corrected chi connectivity index (χ3v) is 10.2. The summed E-state index contributed by atoms with van der Waals surface area (Å²) in [6, 6.07) is 19.2. The van der Waals surface area contributed by atoms with Gasteiger partial charge in [0.05, 0.1) is 22.8 Å². The van der Waals surface area contributed by atoms with E-state index in [0.717, 1.165) is 39.8 Å². The van der Waals surface area contributed by atoms with Crippen LogP contribution >= 0.6 is 23.2 Å². The lowest BCUT2D eigenvalue weighted by Gasteiger charge is -2.16. The number of fused-ring (bicyclic) bond motifs is 1. The molecule has 2 amide bonds. The normalized spacial score (nSPS) is 17.2. The summed E-state index contributed by atoms with van der Waals surface area (Å²) in [7, 11) is 1.59. The fourth-order valence-electron chi connectivity index (χ4n) is 6.66. The average Bonchev–Trinajstić information content (AvgIpc) is 3.76. The van der Waals surface area contributed by atoms with Crippen LogP contribution in [-0.4, -0.2) is 59.0 Å². The minimum absolute atomic E-state index is 0.0607. The molecule has 2 saturated heterocycles. The number of pyridine rings is 2. The van der Waals surface area contributed by atoms with E-state index >= 15 is 0 Å². The van der Waals surface area contributed by atoms with E-state index in [0.29, 0.717) is 78.4 Å². The highest BCUT2D eigenvalue weighted by Gasteiger charge is 2.22. The first-order valence-electron chi connectivity index (χ1n) is 16.9. The van der Waals surface area contributed by atoms with Gasteiger partial charge in [0, 0.05) is 97.4 Å². The molecule has 2 aliphatic rings. The Kier molecular flexibility index (Phi) is 10.3. The summed E-state index contributed by atoms with van der Waals surface area (Å²) >= 11 is 14.2. The van der Waals surface area contributed by atoms with E-state index in [1.165, 1.54) is 4.40 Å². The van der Waals surface area contributed by atoms with E-state index in [9.17, 15) is 14.4 Å². The Morgan fingerprint density at radius 1 is 0.882 bits per heavy atom. The molecule has 0 radical (unpaired) electrons. The number of nitrogens with one attached hydrogen (secondary N) is 4. The van der Waals surface area contributed by atoms with Crippen LogP contribution in [0.15, 0.2) is 77.9 Å². The van der Waals surface area contributed by atoms with Gasteiger partial charge in [-0.05, 0) is 36.1 Å². The van der Waals surface area contributed by atoms with Gasteiger partial charge in [0.1, 0.15) is 5.65 Å². The minimum atomic E-state index is -0.156. The minimum Gasteiger partial charge on any atom is -0.481 e. The van der Waals surface area contributed by atoms with Crippen molar-refractivity contribution in [2.45, 2.75) is 38.4 Å². The second-order valence-electron chi connectivity index (χ2n) is 12.9. The Morgan fingerprint density at radius 2 is 1.61 bits per heavy atom. The fourth-order valence-corrected chi connectivity index (χ4v) is 7.33. The van der Waals surface area contributed by atoms with Crippen molar-refractivity contribution in [3.63, 3.8) is 0 Å². The summed E-state index contributed by atoms with van der Waals surface area (Å²) < 4.78 is 7.17. The number of hydrogen-bond acceptors (Lipinski definition) is 8. The lowest BCUT2D eigenvalue weighted by molar-refractivity contribution is -0.120. The molecular weight excluding hydrogens is 689 g/mol. The van der Waals surface area contributed by atoms with Crippen molar-refractivity contribution in [1.82, 2.24) is 35.6 Å². The zero-order valence-corrected chi connectivity index (χ0v) is 29.5. The molecule has 0 saturated carbocycles. The van der Waals surface area contributed by atoms with Crippen LogP contribution in [0.1, 0.15) is 30.4 Å². The molecule has 11 nitrogen and oxygen atoms in total. The third kappa shape index (κ3) is 7.48. The number of carbonyl (C=O) groups is 2. The molecular formula is C38H37Cl2N7O4. The van der Waals surface area contributed by atoms with Crippen LogP contribution in [0.3, 0.4) is 0 Å². The van der Waals surface area contributed by atoms with Gasteiger partial charge in [-0.1, -0.05) is 65.7 Å². The third-order valence-electron chi connectivity index (χ3n) is 9.39. The zero-order valence-electron chi connectivity index (χ0n) is 28.0. The monoisotopic (exact) mass is 725 g/mol. The molecule has 5 heterocycles. The Morgan fingerprint density at radius 3 is 2.33 bits per heavy atom. The lowest BCUT2D eigenvalue weighted by Crippen LogP contribution is -2.35. The number of aromatic nitrogens is 3. The molecule has 0 bridgehead atoms. The Labute approximate surface area is 304 Å². The molecule has 2 aromatic carbocycles. The molecule has 0 spiro atoms. The zero-order chi connectivity index (χ0) is 35.5. The first-order chi connectivity index (χ1) is 24.8. The van der Waals surface area contributed by atoms with Crippen LogP contribution in [-0.2, 0) is 22.7 Å². The number of ether oxygens (including phenoxy) is 1. The molecule has 0 unspecified atom stereocenters. The van der Waals surface area contributed by atoms with E-state index < -0.39 is 0 Å². The van der Waals surface area contributed by atoms with Gasteiger partial charge in [0.15, 0.2) is 0 Å². The van der Waals surface area contributed by atoms with Crippen LogP contribution in [0, 0.1) is 5.92 Å². The SMILES string of the molecule is COc1nc(-c2cccc(-c3cccc(-c4ccn5c(=O)c(CNC[C@H]6CNC(=O)C6)cnc5c4)c3Cl)c2Cl)ccc1CNC[C@@H]1CCC(=O)N1. The van der Waals surface area contributed by atoms with Crippen LogP contribution < -0.4 is 31.6 Å². The van der Waals surface area contributed by atoms with Gasteiger partial charge >= 0.3 is 0 Å². The van der Waals surface area contributed by atoms with Gasteiger partial charge < -0.3 is 26.0 Å². The number of methoxy groups -OCH3 is 1.